The van der Waals surface area contributed by atoms with Gasteiger partial charge in [-0.15, -0.1) is 0 Å². The number of pyridine rings is 1. The van der Waals surface area contributed by atoms with E-state index in [9.17, 15) is 4.79 Å². The third-order valence-corrected chi connectivity index (χ3v) is 4.15. The number of likely N-dealkylation sites (N-methyl/N-ethyl adjacent to an activating group) is 1. The lowest BCUT2D eigenvalue weighted by Gasteiger charge is -2.24. The number of hydrogen-bond donors (Lipinski definition) is 1. The second-order valence-electron chi connectivity index (χ2n) is 5.63. The number of carbonyl (C=O) groups is 1. The van der Waals surface area contributed by atoms with E-state index in [1.54, 1.807) is 18.3 Å². The molecular formula is C18H22ClN3O. The van der Waals surface area contributed by atoms with Crippen LogP contribution in [0.2, 0.25) is 5.02 Å². The molecule has 1 amide bonds. The standard InChI is InChI=1S/C18H22ClN3O/c1-14(13-15-7-5-6-11-20-15)22(2)12-10-18(23)21-17-9-4-3-8-16(17)19/h3-9,11,14H,10,12-13H2,1-2H3,(H,21,23). The van der Waals surface area contributed by atoms with Crippen LogP contribution in [0.5, 0.6) is 0 Å². The maximum absolute atomic E-state index is 12.0. The third-order valence-electron chi connectivity index (χ3n) is 3.82. The van der Waals surface area contributed by atoms with Crippen molar-refractivity contribution in [1.82, 2.24) is 9.88 Å². The molecule has 0 saturated heterocycles. The number of nitrogens with zero attached hydrogens (tertiary/aromatic N) is 2. The van der Waals surface area contributed by atoms with Crippen LogP contribution in [-0.4, -0.2) is 35.4 Å². The van der Waals surface area contributed by atoms with Gasteiger partial charge in [0.25, 0.3) is 0 Å². The molecule has 0 radical (unpaired) electrons. The zero-order valence-electron chi connectivity index (χ0n) is 13.5. The fourth-order valence-electron chi connectivity index (χ4n) is 2.25. The van der Waals surface area contributed by atoms with Crippen molar-refractivity contribution < 1.29 is 4.79 Å². The lowest BCUT2D eigenvalue weighted by molar-refractivity contribution is -0.116. The third kappa shape index (κ3) is 5.66. The number of carbonyl (C=O) groups excluding carboxylic acids is 1. The summed E-state index contributed by atoms with van der Waals surface area (Å²) >= 11 is 6.04. The Kier molecular flexibility index (Phi) is 6.56. The summed E-state index contributed by atoms with van der Waals surface area (Å²) in [5, 5.41) is 3.40. The minimum Gasteiger partial charge on any atom is -0.325 e. The molecule has 122 valence electrons. The number of para-hydroxylation sites is 1. The van der Waals surface area contributed by atoms with E-state index in [1.807, 2.05) is 37.4 Å². The van der Waals surface area contributed by atoms with Gasteiger partial charge in [-0.3, -0.25) is 9.78 Å². The van der Waals surface area contributed by atoms with Crippen molar-refractivity contribution in [2.75, 3.05) is 18.9 Å². The van der Waals surface area contributed by atoms with E-state index in [0.717, 1.165) is 12.1 Å². The van der Waals surface area contributed by atoms with Crippen LogP contribution in [-0.2, 0) is 11.2 Å². The molecule has 0 saturated carbocycles. The number of halogens is 1. The average molecular weight is 332 g/mol. The lowest BCUT2D eigenvalue weighted by atomic mass is 10.1. The maximum Gasteiger partial charge on any atom is 0.225 e. The molecule has 23 heavy (non-hydrogen) atoms. The topological polar surface area (TPSA) is 45.2 Å². The first kappa shape index (κ1) is 17.4. The van der Waals surface area contributed by atoms with Crippen molar-refractivity contribution in [3.05, 3.63) is 59.4 Å². The van der Waals surface area contributed by atoms with E-state index < -0.39 is 0 Å². The van der Waals surface area contributed by atoms with Gasteiger partial charge in [-0.1, -0.05) is 29.8 Å². The highest BCUT2D eigenvalue weighted by Gasteiger charge is 2.13. The van der Waals surface area contributed by atoms with Gasteiger partial charge in [-0.2, -0.15) is 0 Å². The van der Waals surface area contributed by atoms with Crippen LogP contribution in [0.3, 0.4) is 0 Å². The summed E-state index contributed by atoms with van der Waals surface area (Å²) in [5.41, 5.74) is 1.72. The normalized spacial score (nSPS) is 12.2. The molecule has 0 aliphatic carbocycles. The molecule has 0 fully saturated rings. The second-order valence-corrected chi connectivity index (χ2v) is 6.04. The molecule has 5 heteroatoms. The monoisotopic (exact) mass is 331 g/mol. The minimum absolute atomic E-state index is 0.0324. The summed E-state index contributed by atoms with van der Waals surface area (Å²) in [7, 11) is 2.02. The van der Waals surface area contributed by atoms with Crippen LogP contribution in [0.1, 0.15) is 19.0 Å². The molecule has 1 N–H and O–H groups in total. The number of hydrogen-bond acceptors (Lipinski definition) is 3. The molecule has 1 aromatic carbocycles. The zero-order chi connectivity index (χ0) is 16.7. The van der Waals surface area contributed by atoms with Gasteiger partial charge in [0.2, 0.25) is 5.91 Å². The highest BCUT2D eigenvalue weighted by atomic mass is 35.5. The smallest absolute Gasteiger partial charge is 0.225 e. The van der Waals surface area contributed by atoms with Crippen molar-refractivity contribution in [2.24, 2.45) is 0 Å². The van der Waals surface area contributed by atoms with Gasteiger partial charge in [0.15, 0.2) is 0 Å². The summed E-state index contributed by atoms with van der Waals surface area (Å²) < 4.78 is 0. The number of anilines is 1. The van der Waals surface area contributed by atoms with Gasteiger partial charge in [0.05, 0.1) is 10.7 Å². The van der Waals surface area contributed by atoms with E-state index in [2.05, 4.69) is 22.1 Å². The van der Waals surface area contributed by atoms with Crippen molar-refractivity contribution in [3.8, 4) is 0 Å². The molecule has 0 bridgehead atoms. The molecule has 1 aromatic heterocycles. The maximum atomic E-state index is 12.0. The minimum atomic E-state index is -0.0324. The van der Waals surface area contributed by atoms with Gasteiger partial charge < -0.3 is 10.2 Å². The number of aromatic nitrogens is 1. The van der Waals surface area contributed by atoms with Crippen LogP contribution < -0.4 is 5.32 Å². The predicted octanol–water partition coefficient (Wildman–Crippen LogP) is 3.63. The summed E-state index contributed by atoms with van der Waals surface area (Å²) in [4.78, 5) is 18.6. The number of nitrogens with one attached hydrogen (secondary N) is 1. The molecule has 1 unspecified atom stereocenters. The van der Waals surface area contributed by atoms with Crippen LogP contribution in [0, 0.1) is 0 Å². The fourth-order valence-corrected chi connectivity index (χ4v) is 2.43. The van der Waals surface area contributed by atoms with Gasteiger partial charge in [0.1, 0.15) is 0 Å². The Labute approximate surface area is 142 Å². The highest BCUT2D eigenvalue weighted by molar-refractivity contribution is 6.33. The van der Waals surface area contributed by atoms with Gasteiger partial charge >= 0.3 is 0 Å². The molecule has 0 spiro atoms. The lowest BCUT2D eigenvalue weighted by Crippen LogP contribution is -2.33. The number of rotatable bonds is 7. The SMILES string of the molecule is CC(Cc1ccccn1)N(C)CCC(=O)Nc1ccccc1Cl. The summed E-state index contributed by atoms with van der Waals surface area (Å²) in [6, 6.07) is 13.5. The number of amides is 1. The first-order chi connectivity index (χ1) is 11.1. The molecule has 1 heterocycles. The molecule has 0 aliphatic rings. The van der Waals surface area contributed by atoms with E-state index in [1.165, 1.54) is 0 Å². The van der Waals surface area contributed by atoms with E-state index >= 15 is 0 Å². The van der Waals surface area contributed by atoms with Gasteiger partial charge in [-0.05, 0) is 38.2 Å². The number of benzene rings is 1. The van der Waals surface area contributed by atoms with E-state index in [0.29, 0.717) is 29.7 Å². The summed E-state index contributed by atoms with van der Waals surface area (Å²) in [6.45, 7) is 2.82. The van der Waals surface area contributed by atoms with Crippen LogP contribution >= 0.6 is 11.6 Å². The zero-order valence-corrected chi connectivity index (χ0v) is 14.3. The Bertz CT molecular complexity index is 633. The highest BCUT2D eigenvalue weighted by Crippen LogP contribution is 2.20. The summed E-state index contributed by atoms with van der Waals surface area (Å²) in [6.07, 6.45) is 3.09. The van der Waals surface area contributed by atoms with Crippen LogP contribution in [0.25, 0.3) is 0 Å². The van der Waals surface area contributed by atoms with E-state index in [4.69, 9.17) is 11.6 Å². The summed E-state index contributed by atoms with van der Waals surface area (Å²) in [5.74, 6) is -0.0324. The Morgan fingerprint density at radius 3 is 2.70 bits per heavy atom. The molecule has 1 atom stereocenters. The van der Waals surface area contributed by atoms with Crippen molar-refractivity contribution in [2.45, 2.75) is 25.8 Å². The van der Waals surface area contributed by atoms with Crippen molar-refractivity contribution in [1.29, 1.82) is 0 Å². The Hall–Kier alpha value is -1.91. The Morgan fingerprint density at radius 1 is 1.26 bits per heavy atom. The van der Waals surface area contributed by atoms with E-state index in [-0.39, 0.29) is 5.91 Å². The Balaban J connectivity index is 1.78. The average Bonchev–Trinajstić information content (AvgIpc) is 2.55. The molecular weight excluding hydrogens is 310 g/mol. The molecule has 4 nitrogen and oxygen atoms in total. The molecule has 0 aliphatic heterocycles. The fraction of sp³-hybridized carbons (Fsp3) is 0.333. The van der Waals surface area contributed by atoms with Crippen LogP contribution in [0.4, 0.5) is 5.69 Å². The molecule has 2 rings (SSSR count). The van der Waals surface area contributed by atoms with Crippen molar-refractivity contribution in [3.63, 3.8) is 0 Å². The van der Waals surface area contributed by atoms with Crippen molar-refractivity contribution >= 4 is 23.2 Å². The largest absolute Gasteiger partial charge is 0.325 e. The van der Waals surface area contributed by atoms with Gasteiger partial charge in [-0.25, -0.2) is 0 Å². The Morgan fingerprint density at radius 2 is 2.00 bits per heavy atom. The molecule has 2 aromatic rings. The van der Waals surface area contributed by atoms with Gasteiger partial charge in [0, 0.05) is 37.3 Å². The first-order valence-electron chi connectivity index (χ1n) is 7.71. The second kappa shape index (κ2) is 8.65. The predicted molar refractivity (Wildman–Crippen MR) is 94.7 cm³/mol. The van der Waals surface area contributed by atoms with Crippen LogP contribution in [0.15, 0.2) is 48.7 Å². The first-order valence-corrected chi connectivity index (χ1v) is 8.08. The quantitative estimate of drug-likeness (QED) is 0.842.